The number of hydrogen-bond donors (Lipinski definition) is 2. The van der Waals surface area contributed by atoms with Crippen molar-refractivity contribution >= 4 is 23.2 Å². The summed E-state index contributed by atoms with van der Waals surface area (Å²) in [5, 5.41) is 6.32. The zero-order valence-electron chi connectivity index (χ0n) is 19.6. The van der Waals surface area contributed by atoms with Gasteiger partial charge in [0.15, 0.2) is 11.4 Å². The van der Waals surface area contributed by atoms with Crippen LogP contribution in [0.25, 0.3) is 5.65 Å². The van der Waals surface area contributed by atoms with Crippen LogP contribution in [0.4, 0.5) is 11.6 Å². The van der Waals surface area contributed by atoms with E-state index in [4.69, 9.17) is 14.5 Å². The molecule has 176 valence electrons. The summed E-state index contributed by atoms with van der Waals surface area (Å²) in [6, 6.07) is 2.13. The Bertz CT molecular complexity index is 1120. The van der Waals surface area contributed by atoms with Gasteiger partial charge in [-0.05, 0) is 39.8 Å². The molecule has 1 amide bonds. The second-order valence-electron chi connectivity index (χ2n) is 8.10. The SMILES string of the molecule is CCN(c1ncc(C(=O)Nc2cc(OC)c3nc(C)cn3c2)c(COC)n1)C1CCNCC1. The van der Waals surface area contributed by atoms with E-state index in [0.29, 0.717) is 40.3 Å². The first-order valence-electron chi connectivity index (χ1n) is 11.2. The fraction of sp³-hybridized carbons (Fsp3) is 0.478. The maximum atomic E-state index is 13.2. The van der Waals surface area contributed by atoms with E-state index in [-0.39, 0.29) is 12.5 Å². The molecular formula is C23H31N7O3. The molecule has 0 radical (unpaired) electrons. The molecule has 0 aliphatic carbocycles. The lowest BCUT2D eigenvalue weighted by atomic mass is 10.1. The summed E-state index contributed by atoms with van der Waals surface area (Å²) in [6.07, 6.45) is 7.35. The van der Waals surface area contributed by atoms with Gasteiger partial charge in [0.05, 0.1) is 36.4 Å². The van der Waals surface area contributed by atoms with Crippen LogP contribution in [0, 0.1) is 6.92 Å². The molecular weight excluding hydrogens is 422 g/mol. The van der Waals surface area contributed by atoms with Gasteiger partial charge in [0.2, 0.25) is 5.95 Å². The van der Waals surface area contributed by atoms with E-state index in [1.807, 2.05) is 17.5 Å². The highest BCUT2D eigenvalue weighted by molar-refractivity contribution is 6.05. The highest BCUT2D eigenvalue weighted by atomic mass is 16.5. The predicted octanol–water partition coefficient (Wildman–Crippen LogP) is 2.42. The molecule has 1 saturated heterocycles. The number of carbonyl (C=O) groups excluding carboxylic acids is 1. The maximum Gasteiger partial charge on any atom is 0.259 e. The Labute approximate surface area is 193 Å². The Hall–Kier alpha value is -3.24. The second kappa shape index (κ2) is 10.1. The number of ether oxygens (including phenoxy) is 2. The van der Waals surface area contributed by atoms with Gasteiger partial charge in [0.25, 0.3) is 5.91 Å². The molecule has 3 aromatic heterocycles. The Morgan fingerprint density at radius 3 is 2.76 bits per heavy atom. The van der Waals surface area contributed by atoms with Crippen LogP contribution in [0.3, 0.4) is 0 Å². The van der Waals surface area contributed by atoms with E-state index in [1.165, 1.54) is 0 Å². The van der Waals surface area contributed by atoms with Crippen LogP contribution in [-0.2, 0) is 11.3 Å². The molecule has 1 fully saturated rings. The number of nitrogens with zero attached hydrogens (tertiary/aromatic N) is 5. The summed E-state index contributed by atoms with van der Waals surface area (Å²) in [5.41, 5.74) is 3.07. The third kappa shape index (κ3) is 4.91. The summed E-state index contributed by atoms with van der Waals surface area (Å²) in [4.78, 5) is 29.1. The van der Waals surface area contributed by atoms with Crippen LogP contribution in [0.15, 0.2) is 24.7 Å². The van der Waals surface area contributed by atoms with Crippen molar-refractivity contribution in [1.29, 1.82) is 0 Å². The number of imidazole rings is 1. The molecule has 0 aromatic carbocycles. The Balaban J connectivity index is 1.61. The third-order valence-corrected chi connectivity index (χ3v) is 5.84. The quantitative estimate of drug-likeness (QED) is 0.536. The number of rotatable bonds is 8. The topological polar surface area (TPSA) is 106 Å². The van der Waals surface area contributed by atoms with Gasteiger partial charge in [-0.3, -0.25) is 4.79 Å². The van der Waals surface area contributed by atoms with E-state index in [1.54, 1.807) is 32.7 Å². The molecule has 0 bridgehead atoms. The van der Waals surface area contributed by atoms with Gasteiger partial charge in [-0.25, -0.2) is 15.0 Å². The molecule has 33 heavy (non-hydrogen) atoms. The first-order valence-corrected chi connectivity index (χ1v) is 11.2. The van der Waals surface area contributed by atoms with Crippen molar-refractivity contribution in [3.63, 3.8) is 0 Å². The summed E-state index contributed by atoms with van der Waals surface area (Å²) in [7, 11) is 3.17. The van der Waals surface area contributed by atoms with Crippen molar-refractivity contribution in [3.8, 4) is 5.75 Å². The number of aromatic nitrogens is 4. The van der Waals surface area contributed by atoms with Crippen molar-refractivity contribution in [2.45, 2.75) is 39.3 Å². The minimum Gasteiger partial charge on any atom is -0.493 e. The predicted molar refractivity (Wildman–Crippen MR) is 126 cm³/mol. The second-order valence-corrected chi connectivity index (χ2v) is 8.10. The van der Waals surface area contributed by atoms with Gasteiger partial charge in [-0.15, -0.1) is 0 Å². The number of hydrogen-bond acceptors (Lipinski definition) is 8. The van der Waals surface area contributed by atoms with Gasteiger partial charge in [-0.2, -0.15) is 0 Å². The summed E-state index contributed by atoms with van der Waals surface area (Å²) >= 11 is 0. The summed E-state index contributed by atoms with van der Waals surface area (Å²) in [6.45, 7) is 6.99. The van der Waals surface area contributed by atoms with Crippen molar-refractivity contribution < 1.29 is 14.3 Å². The molecule has 4 heterocycles. The van der Waals surface area contributed by atoms with E-state index in [9.17, 15) is 4.79 Å². The number of aryl methyl sites for hydroxylation is 1. The number of methoxy groups -OCH3 is 2. The average molecular weight is 454 g/mol. The summed E-state index contributed by atoms with van der Waals surface area (Å²) < 4.78 is 12.6. The molecule has 1 aliphatic heterocycles. The number of amides is 1. The van der Waals surface area contributed by atoms with Gasteiger partial charge in [-0.1, -0.05) is 0 Å². The number of nitrogens with one attached hydrogen (secondary N) is 2. The highest BCUT2D eigenvalue weighted by Gasteiger charge is 2.24. The largest absolute Gasteiger partial charge is 0.493 e. The van der Waals surface area contributed by atoms with Crippen LogP contribution < -0.4 is 20.3 Å². The lowest BCUT2D eigenvalue weighted by Crippen LogP contribution is -2.44. The zero-order valence-corrected chi connectivity index (χ0v) is 19.6. The third-order valence-electron chi connectivity index (χ3n) is 5.84. The van der Waals surface area contributed by atoms with E-state index in [2.05, 4.69) is 32.4 Å². The first kappa shape index (κ1) is 22.9. The number of fused-ring (bicyclic) bond motifs is 1. The molecule has 0 saturated carbocycles. The molecule has 10 nitrogen and oxygen atoms in total. The Kier molecular flexibility index (Phi) is 7.05. The average Bonchev–Trinajstić information content (AvgIpc) is 3.20. The Morgan fingerprint density at radius 2 is 2.06 bits per heavy atom. The van der Waals surface area contributed by atoms with Crippen molar-refractivity contribution in [2.75, 3.05) is 44.1 Å². The van der Waals surface area contributed by atoms with E-state index < -0.39 is 0 Å². The van der Waals surface area contributed by atoms with Gasteiger partial charge in [0.1, 0.15) is 0 Å². The number of anilines is 2. The Morgan fingerprint density at radius 1 is 1.27 bits per heavy atom. The normalized spacial score (nSPS) is 14.4. The van der Waals surface area contributed by atoms with Crippen molar-refractivity contribution in [1.82, 2.24) is 24.7 Å². The minimum absolute atomic E-state index is 0.213. The lowest BCUT2D eigenvalue weighted by Gasteiger charge is -2.34. The van der Waals surface area contributed by atoms with Crippen LogP contribution in [0.5, 0.6) is 5.75 Å². The van der Waals surface area contributed by atoms with Crippen molar-refractivity contribution in [2.24, 2.45) is 0 Å². The molecule has 0 atom stereocenters. The molecule has 0 unspecified atom stereocenters. The maximum absolute atomic E-state index is 13.2. The molecule has 3 aromatic rings. The van der Waals surface area contributed by atoms with E-state index >= 15 is 0 Å². The number of pyridine rings is 1. The standard InChI is InChI=1S/C23H31N7O3/c1-5-30(17-6-8-24-9-7-17)23-25-11-18(19(28-23)14-32-3)22(31)27-16-10-20(33-4)21-26-15(2)12-29(21)13-16/h10-13,17,24H,5-9,14H2,1-4H3,(H,27,31). The fourth-order valence-corrected chi connectivity index (χ4v) is 4.27. The van der Waals surface area contributed by atoms with Crippen molar-refractivity contribution in [3.05, 3.63) is 41.6 Å². The minimum atomic E-state index is -0.309. The molecule has 2 N–H and O–H groups in total. The van der Waals surface area contributed by atoms with Gasteiger partial charge in [0, 0.05) is 44.4 Å². The smallest absolute Gasteiger partial charge is 0.259 e. The van der Waals surface area contributed by atoms with Crippen LogP contribution >= 0.6 is 0 Å². The molecule has 1 aliphatic rings. The van der Waals surface area contributed by atoms with Gasteiger partial charge >= 0.3 is 0 Å². The zero-order chi connectivity index (χ0) is 23.4. The fourth-order valence-electron chi connectivity index (χ4n) is 4.27. The van der Waals surface area contributed by atoms with Crippen LogP contribution in [0.1, 0.15) is 41.5 Å². The first-order chi connectivity index (χ1) is 16.0. The summed E-state index contributed by atoms with van der Waals surface area (Å²) in [5.74, 6) is 0.895. The molecule has 10 heteroatoms. The van der Waals surface area contributed by atoms with Crippen LogP contribution in [0.2, 0.25) is 0 Å². The van der Waals surface area contributed by atoms with Crippen LogP contribution in [-0.4, -0.2) is 65.2 Å². The molecule has 4 rings (SSSR count). The van der Waals surface area contributed by atoms with Gasteiger partial charge < -0.3 is 29.4 Å². The monoisotopic (exact) mass is 453 g/mol. The lowest BCUT2D eigenvalue weighted by molar-refractivity contribution is 0.102. The highest BCUT2D eigenvalue weighted by Crippen LogP contribution is 2.25. The van der Waals surface area contributed by atoms with E-state index in [0.717, 1.165) is 38.2 Å². The number of piperidine rings is 1. The molecule has 0 spiro atoms. The number of carbonyl (C=O) groups is 1.